The van der Waals surface area contributed by atoms with E-state index in [2.05, 4.69) is 41.3 Å². The second-order valence-electron chi connectivity index (χ2n) is 7.52. The predicted octanol–water partition coefficient (Wildman–Crippen LogP) is 4.78. The molecule has 0 aromatic heterocycles. The molecule has 3 aliphatic heterocycles. The minimum atomic E-state index is 0.106. The second kappa shape index (κ2) is 6.17. The zero-order valence-corrected chi connectivity index (χ0v) is 15.5. The first kappa shape index (κ1) is 16.0. The highest BCUT2D eigenvalue weighted by Crippen LogP contribution is 2.49. The highest BCUT2D eigenvalue weighted by Gasteiger charge is 2.51. The van der Waals surface area contributed by atoms with E-state index in [9.17, 15) is 0 Å². The van der Waals surface area contributed by atoms with E-state index in [1.54, 1.807) is 11.9 Å². The van der Waals surface area contributed by atoms with E-state index in [4.69, 9.17) is 9.66 Å². The Labute approximate surface area is 158 Å². The van der Waals surface area contributed by atoms with Gasteiger partial charge in [0, 0.05) is 18.3 Å². The summed E-state index contributed by atoms with van der Waals surface area (Å²) in [6, 6.07) is 19.8. The average molecular weight is 359 g/mol. The molecule has 0 N–H and O–H groups in total. The van der Waals surface area contributed by atoms with E-state index in [0.717, 1.165) is 17.9 Å². The Morgan fingerprint density at radius 1 is 1.08 bits per heavy atom. The molecule has 4 heteroatoms. The molecule has 2 bridgehead atoms. The fourth-order valence-corrected chi connectivity index (χ4v) is 5.69. The maximum atomic E-state index is 9.13. The molecule has 3 nitrogen and oxygen atoms in total. The van der Waals surface area contributed by atoms with Gasteiger partial charge in [-0.05, 0) is 66.5 Å². The molecular formula is C22H21N3S. The molecule has 6 rings (SSSR count). The standard InChI is InChI=1S/C22H21N3S/c23-15-16-2-1-3-18(14-16)17-4-6-19(7-5-17)22-10-8-20(9-11-22)25-12-13-26-24-21(22)25/h1-7,14,20H,8-13H2. The maximum absolute atomic E-state index is 9.13. The fraction of sp³-hybridized carbons (Fsp3) is 0.364. The molecule has 2 aromatic rings. The molecule has 0 unspecified atom stereocenters. The van der Waals surface area contributed by atoms with Crippen LogP contribution in [0.3, 0.4) is 0 Å². The summed E-state index contributed by atoms with van der Waals surface area (Å²) in [6.45, 7) is 1.15. The molecule has 0 spiro atoms. The van der Waals surface area contributed by atoms with Gasteiger partial charge in [0.2, 0.25) is 0 Å². The topological polar surface area (TPSA) is 39.4 Å². The van der Waals surface area contributed by atoms with Crippen molar-refractivity contribution < 1.29 is 0 Å². The predicted molar refractivity (Wildman–Crippen MR) is 107 cm³/mol. The third-order valence-corrected chi connectivity index (χ3v) is 6.95. The summed E-state index contributed by atoms with van der Waals surface area (Å²) in [7, 11) is 0. The molecular weight excluding hydrogens is 338 g/mol. The summed E-state index contributed by atoms with van der Waals surface area (Å²) < 4.78 is 4.91. The molecule has 0 atom stereocenters. The van der Waals surface area contributed by atoms with Crippen LogP contribution in [0.5, 0.6) is 0 Å². The van der Waals surface area contributed by atoms with Crippen LogP contribution >= 0.6 is 11.9 Å². The van der Waals surface area contributed by atoms with Gasteiger partial charge < -0.3 is 4.90 Å². The molecule has 1 aliphatic carbocycles. The number of hydrogen-bond acceptors (Lipinski definition) is 4. The fourth-order valence-electron chi connectivity index (χ4n) is 4.92. The summed E-state index contributed by atoms with van der Waals surface area (Å²) in [5.41, 5.74) is 4.49. The first-order valence-electron chi connectivity index (χ1n) is 9.38. The van der Waals surface area contributed by atoms with Crippen molar-refractivity contribution in [3.63, 3.8) is 0 Å². The van der Waals surface area contributed by atoms with Crippen molar-refractivity contribution in [1.29, 1.82) is 5.26 Å². The molecule has 26 heavy (non-hydrogen) atoms. The van der Waals surface area contributed by atoms with Crippen LogP contribution in [-0.2, 0) is 5.41 Å². The number of piperidine rings is 2. The lowest BCUT2D eigenvalue weighted by molar-refractivity contribution is 0.153. The lowest BCUT2D eigenvalue weighted by Crippen LogP contribution is -2.61. The average Bonchev–Trinajstić information content (AvgIpc) is 2.75. The maximum Gasteiger partial charge on any atom is 0.123 e. The molecule has 2 saturated heterocycles. The van der Waals surface area contributed by atoms with Crippen molar-refractivity contribution in [3.8, 4) is 17.2 Å². The van der Waals surface area contributed by atoms with Crippen molar-refractivity contribution in [3.05, 3.63) is 59.7 Å². The van der Waals surface area contributed by atoms with Crippen molar-refractivity contribution in [2.45, 2.75) is 37.1 Å². The molecule has 2 aromatic carbocycles. The van der Waals surface area contributed by atoms with Crippen LogP contribution in [0.4, 0.5) is 0 Å². The van der Waals surface area contributed by atoms with Gasteiger partial charge in [0.1, 0.15) is 5.84 Å². The lowest BCUT2D eigenvalue weighted by atomic mass is 9.63. The van der Waals surface area contributed by atoms with Gasteiger partial charge in [0.15, 0.2) is 0 Å². The lowest BCUT2D eigenvalue weighted by Gasteiger charge is -2.55. The van der Waals surface area contributed by atoms with E-state index >= 15 is 0 Å². The van der Waals surface area contributed by atoms with E-state index in [1.807, 2.05) is 18.2 Å². The molecule has 1 saturated carbocycles. The van der Waals surface area contributed by atoms with Crippen LogP contribution in [0.1, 0.15) is 36.8 Å². The molecule has 130 valence electrons. The van der Waals surface area contributed by atoms with Crippen molar-refractivity contribution in [2.75, 3.05) is 12.3 Å². The first-order chi connectivity index (χ1) is 12.8. The van der Waals surface area contributed by atoms with Gasteiger partial charge in [-0.15, -0.1) is 0 Å². The number of amidine groups is 1. The molecule has 0 radical (unpaired) electrons. The van der Waals surface area contributed by atoms with Gasteiger partial charge in [-0.3, -0.25) is 0 Å². The minimum absolute atomic E-state index is 0.106. The van der Waals surface area contributed by atoms with Crippen molar-refractivity contribution >= 4 is 17.8 Å². The van der Waals surface area contributed by atoms with Crippen LogP contribution in [0.2, 0.25) is 0 Å². The van der Waals surface area contributed by atoms with E-state index in [-0.39, 0.29) is 5.41 Å². The zero-order valence-electron chi connectivity index (χ0n) is 14.7. The molecule has 3 heterocycles. The minimum Gasteiger partial charge on any atom is -0.355 e. The van der Waals surface area contributed by atoms with Gasteiger partial charge in [-0.2, -0.15) is 5.26 Å². The Kier molecular flexibility index (Phi) is 3.79. The first-order valence-corrected chi connectivity index (χ1v) is 10.3. The highest BCUT2D eigenvalue weighted by molar-refractivity contribution is 7.98. The normalized spacial score (nSPS) is 26.8. The number of nitriles is 1. The summed E-state index contributed by atoms with van der Waals surface area (Å²) in [6.07, 6.45) is 5.01. The van der Waals surface area contributed by atoms with Crippen LogP contribution in [0, 0.1) is 11.3 Å². The van der Waals surface area contributed by atoms with Gasteiger partial charge in [-0.25, -0.2) is 4.40 Å². The monoisotopic (exact) mass is 359 g/mol. The third kappa shape index (κ3) is 2.38. The van der Waals surface area contributed by atoms with E-state index in [1.165, 1.54) is 42.6 Å². The second-order valence-corrected chi connectivity index (χ2v) is 8.37. The zero-order chi connectivity index (χ0) is 17.6. The number of nitrogens with zero attached hydrogens (tertiary/aromatic N) is 3. The van der Waals surface area contributed by atoms with Gasteiger partial charge in [0.25, 0.3) is 0 Å². The van der Waals surface area contributed by atoms with E-state index < -0.39 is 0 Å². The Hall–Kier alpha value is -2.25. The number of benzene rings is 2. The quantitative estimate of drug-likeness (QED) is 0.724. The van der Waals surface area contributed by atoms with E-state index in [0.29, 0.717) is 11.6 Å². The van der Waals surface area contributed by atoms with Crippen molar-refractivity contribution in [2.24, 2.45) is 4.40 Å². The summed E-state index contributed by atoms with van der Waals surface area (Å²) in [5.74, 6) is 2.44. The molecule has 4 aliphatic rings. The number of rotatable bonds is 2. The van der Waals surface area contributed by atoms with Gasteiger partial charge in [-0.1, -0.05) is 36.4 Å². The Morgan fingerprint density at radius 2 is 1.88 bits per heavy atom. The summed E-state index contributed by atoms with van der Waals surface area (Å²) >= 11 is 1.73. The SMILES string of the molecule is N#Cc1cccc(-c2ccc(C34CCC(CC3)N3CCSN=C34)cc2)c1. The van der Waals surface area contributed by atoms with Crippen LogP contribution in [0.25, 0.3) is 11.1 Å². The van der Waals surface area contributed by atoms with Gasteiger partial charge >= 0.3 is 0 Å². The summed E-state index contributed by atoms with van der Waals surface area (Å²) in [5, 5.41) is 9.13. The number of hydrogen-bond donors (Lipinski definition) is 0. The van der Waals surface area contributed by atoms with Crippen LogP contribution < -0.4 is 0 Å². The van der Waals surface area contributed by atoms with Crippen molar-refractivity contribution in [1.82, 2.24) is 4.90 Å². The third-order valence-electron chi connectivity index (χ3n) is 6.29. The van der Waals surface area contributed by atoms with Crippen LogP contribution in [0.15, 0.2) is 52.9 Å². The highest BCUT2D eigenvalue weighted by atomic mass is 32.2. The largest absolute Gasteiger partial charge is 0.355 e. The molecule has 0 amide bonds. The number of fused-ring (bicyclic) bond motifs is 2. The smallest absolute Gasteiger partial charge is 0.123 e. The Morgan fingerprint density at radius 3 is 2.65 bits per heavy atom. The van der Waals surface area contributed by atoms with Crippen LogP contribution in [-0.4, -0.2) is 29.1 Å². The Bertz CT molecular complexity index is 902. The molecule has 3 fully saturated rings. The summed E-state index contributed by atoms with van der Waals surface area (Å²) in [4.78, 5) is 2.59. The van der Waals surface area contributed by atoms with Gasteiger partial charge in [0.05, 0.1) is 17.0 Å². The Balaban J connectivity index is 1.52.